The highest BCUT2D eigenvalue weighted by Crippen LogP contribution is 2.28. The van der Waals surface area contributed by atoms with Gasteiger partial charge in [0.1, 0.15) is 11.9 Å². The van der Waals surface area contributed by atoms with Crippen LogP contribution in [0.4, 0.5) is 11.6 Å². The van der Waals surface area contributed by atoms with Crippen LogP contribution in [0.15, 0.2) is 42.9 Å². The Hall–Kier alpha value is -2.97. The molecule has 1 aliphatic heterocycles. The Balaban J connectivity index is 1.47. The van der Waals surface area contributed by atoms with E-state index in [0.29, 0.717) is 12.5 Å². The van der Waals surface area contributed by atoms with Gasteiger partial charge in [0.2, 0.25) is 5.95 Å². The summed E-state index contributed by atoms with van der Waals surface area (Å²) in [5.74, 6) is 1.40. The number of hydrogen-bond acceptors (Lipinski definition) is 7. The first-order valence-electron chi connectivity index (χ1n) is 9.80. The lowest BCUT2D eigenvalue weighted by Gasteiger charge is -2.24. The molecule has 2 N–H and O–H groups in total. The van der Waals surface area contributed by atoms with Gasteiger partial charge in [-0.3, -0.25) is 4.68 Å². The van der Waals surface area contributed by atoms with Crippen molar-refractivity contribution in [3.8, 4) is 17.0 Å². The molecule has 0 radical (unpaired) electrons. The third-order valence-electron chi connectivity index (χ3n) is 4.81. The second-order valence-electron chi connectivity index (χ2n) is 7.02. The van der Waals surface area contributed by atoms with Crippen LogP contribution in [0.2, 0.25) is 0 Å². The van der Waals surface area contributed by atoms with Crippen molar-refractivity contribution in [1.82, 2.24) is 19.7 Å². The second-order valence-corrected chi connectivity index (χ2v) is 7.02. The largest absolute Gasteiger partial charge is 0.490 e. The van der Waals surface area contributed by atoms with Crippen LogP contribution in [0.1, 0.15) is 18.4 Å². The maximum atomic E-state index is 8.99. The number of rotatable bonds is 7. The maximum absolute atomic E-state index is 8.99. The van der Waals surface area contributed by atoms with Gasteiger partial charge in [-0.15, -0.1) is 0 Å². The average molecular weight is 395 g/mol. The summed E-state index contributed by atoms with van der Waals surface area (Å²) in [4.78, 5) is 8.90. The van der Waals surface area contributed by atoms with E-state index in [1.54, 1.807) is 23.3 Å². The summed E-state index contributed by atoms with van der Waals surface area (Å²) >= 11 is 0. The van der Waals surface area contributed by atoms with Gasteiger partial charge in [0.05, 0.1) is 43.9 Å². The molecule has 8 heteroatoms. The van der Waals surface area contributed by atoms with E-state index in [9.17, 15) is 0 Å². The van der Waals surface area contributed by atoms with Crippen molar-refractivity contribution in [2.24, 2.45) is 0 Å². The summed E-state index contributed by atoms with van der Waals surface area (Å²) in [6.07, 6.45) is 7.28. The number of hydrogen-bond donors (Lipinski definition) is 2. The van der Waals surface area contributed by atoms with E-state index in [4.69, 9.17) is 14.6 Å². The van der Waals surface area contributed by atoms with Gasteiger partial charge in [-0.2, -0.15) is 5.10 Å². The molecule has 1 aliphatic rings. The van der Waals surface area contributed by atoms with Crippen molar-refractivity contribution in [2.75, 3.05) is 25.1 Å². The maximum Gasteiger partial charge on any atom is 0.227 e. The molecule has 0 saturated carbocycles. The van der Waals surface area contributed by atoms with Gasteiger partial charge in [-0.05, 0) is 36.8 Å². The number of nitrogens with zero attached hydrogens (tertiary/aromatic N) is 4. The van der Waals surface area contributed by atoms with Crippen LogP contribution >= 0.6 is 0 Å². The SMILES string of the molecule is Cc1cc(-c2ccnc(Nc3cnn(CCO)c3)n2)ccc1OC1CCOCC1. The topological polar surface area (TPSA) is 94.3 Å². The van der Waals surface area contributed by atoms with Gasteiger partial charge in [-0.25, -0.2) is 9.97 Å². The van der Waals surface area contributed by atoms with Crippen LogP contribution in [0.25, 0.3) is 11.3 Å². The Morgan fingerprint density at radius 1 is 1.28 bits per heavy atom. The lowest BCUT2D eigenvalue weighted by atomic mass is 10.1. The minimum absolute atomic E-state index is 0.0424. The van der Waals surface area contributed by atoms with Gasteiger partial charge in [0, 0.05) is 30.8 Å². The zero-order valence-corrected chi connectivity index (χ0v) is 16.4. The molecule has 0 spiro atoms. The van der Waals surface area contributed by atoms with Gasteiger partial charge in [-0.1, -0.05) is 0 Å². The highest BCUT2D eigenvalue weighted by molar-refractivity contribution is 5.63. The summed E-state index contributed by atoms with van der Waals surface area (Å²) in [6, 6.07) is 8.00. The van der Waals surface area contributed by atoms with Crippen LogP contribution < -0.4 is 10.1 Å². The van der Waals surface area contributed by atoms with Crippen LogP contribution in [-0.4, -0.2) is 50.8 Å². The summed E-state index contributed by atoms with van der Waals surface area (Å²) in [5, 5.41) is 16.3. The van der Waals surface area contributed by atoms with Crippen molar-refractivity contribution >= 4 is 11.6 Å². The summed E-state index contributed by atoms with van der Waals surface area (Å²) in [6.45, 7) is 4.06. The van der Waals surface area contributed by atoms with Crippen molar-refractivity contribution in [3.05, 3.63) is 48.4 Å². The van der Waals surface area contributed by atoms with Crippen LogP contribution in [0, 0.1) is 6.92 Å². The predicted octanol–water partition coefficient (Wildman–Crippen LogP) is 2.94. The minimum atomic E-state index is 0.0424. The molecule has 8 nitrogen and oxygen atoms in total. The first-order valence-corrected chi connectivity index (χ1v) is 9.80. The van der Waals surface area contributed by atoms with Gasteiger partial charge < -0.3 is 19.9 Å². The van der Waals surface area contributed by atoms with E-state index < -0.39 is 0 Å². The molecule has 2 aromatic heterocycles. The standard InChI is InChI=1S/C21H25N5O3/c1-15-12-16(2-3-20(15)29-18-5-10-28-11-6-18)19-4-7-22-21(25-19)24-17-13-23-26(14-17)8-9-27/h2-4,7,12-14,18,27H,5-6,8-11H2,1H3,(H,22,24,25). The van der Waals surface area contributed by atoms with E-state index >= 15 is 0 Å². The van der Waals surface area contributed by atoms with E-state index in [0.717, 1.165) is 54.3 Å². The first kappa shape index (κ1) is 19.4. The molecule has 1 saturated heterocycles. The molecule has 152 valence electrons. The van der Waals surface area contributed by atoms with Crippen molar-refractivity contribution in [2.45, 2.75) is 32.4 Å². The lowest BCUT2D eigenvalue weighted by molar-refractivity contribution is 0.0253. The molecule has 29 heavy (non-hydrogen) atoms. The molecule has 0 amide bonds. The molecular weight excluding hydrogens is 370 g/mol. The molecule has 0 aliphatic carbocycles. The number of ether oxygens (including phenoxy) is 2. The normalized spacial score (nSPS) is 14.7. The number of anilines is 2. The molecular formula is C21H25N5O3. The zero-order valence-electron chi connectivity index (χ0n) is 16.4. The van der Waals surface area contributed by atoms with Gasteiger partial charge in [0.15, 0.2) is 0 Å². The fraction of sp³-hybridized carbons (Fsp3) is 0.381. The highest BCUT2D eigenvalue weighted by atomic mass is 16.5. The monoisotopic (exact) mass is 395 g/mol. The van der Waals surface area contributed by atoms with Crippen LogP contribution in [0.5, 0.6) is 5.75 Å². The number of benzene rings is 1. The Labute approximate surface area is 169 Å². The predicted molar refractivity (Wildman–Crippen MR) is 109 cm³/mol. The molecule has 4 rings (SSSR count). The Bertz CT molecular complexity index is 953. The van der Waals surface area contributed by atoms with Crippen molar-refractivity contribution in [3.63, 3.8) is 0 Å². The average Bonchev–Trinajstić information content (AvgIpc) is 3.18. The zero-order chi connectivity index (χ0) is 20.1. The van der Waals surface area contributed by atoms with Crippen molar-refractivity contribution < 1.29 is 14.6 Å². The number of nitrogens with one attached hydrogen (secondary N) is 1. The Kier molecular flexibility index (Phi) is 6.02. The van der Waals surface area contributed by atoms with Crippen molar-refractivity contribution in [1.29, 1.82) is 0 Å². The van der Waals surface area contributed by atoms with E-state index in [2.05, 4.69) is 26.4 Å². The van der Waals surface area contributed by atoms with E-state index in [-0.39, 0.29) is 12.7 Å². The van der Waals surface area contributed by atoms with E-state index in [1.165, 1.54) is 0 Å². The number of aliphatic hydroxyl groups is 1. The third kappa shape index (κ3) is 4.90. The molecule has 1 fully saturated rings. The molecule has 3 heterocycles. The van der Waals surface area contributed by atoms with E-state index in [1.807, 2.05) is 25.1 Å². The molecule has 0 unspecified atom stereocenters. The molecule has 1 aromatic carbocycles. The lowest BCUT2D eigenvalue weighted by Crippen LogP contribution is -2.26. The fourth-order valence-electron chi connectivity index (χ4n) is 3.28. The molecule has 3 aromatic rings. The quantitative estimate of drug-likeness (QED) is 0.635. The minimum Gasteiger partial charge on any atom is -0.490 e. The first-order chi connectivity index (χ1) is 14.2. The number of aryl methyl sites for hydroxylation is 1. The second kappa shape index (κ2) is 9.02. The molecule has 0 bridgehead atoms. The third-order valence-corrected chi connectivity index (χ3v) is 4.81. The number of aliphatic hydroxyl groups excluding tert-OH is 1. The van der Waals surface area contributed by atoms with Gasteiger partial charge >= 0.3 is 0 Å². The number of aromatic nitrogens is 4. The molecule has 0 atom stereocenters. The Morgan fingerprint density at radius 3 is 2.93 bits per heavy atom. The van der Waals surface area contributed by atoms with Gasteiger partial charge in [0.25, 0.3) is 0 Å². The van der Waals surface area contributed by atoms with Crippen LogP contribution in [-0.2, 0) is 11.3 Å². The fourth-order valence-corrected chi connectivity index (χ4v) is 3.28. The summed E-state index contributed by atoms with van der Waals surface area (Å²) in [7, 11) is 0. The highest BCUT2D eigenvalue weighted by Gasteiger charge is 2.16. The smallest absolute Gasteiger partial charge is 0.227 e. The summed E-state index contributed by atoms with van der Waals surface area (Å²) < 4.78 is 13.2. The summed E-state index contributed by atoms with van der Waals surface area (Å²) in [5.41, 5.74) is 3.67. The van der Waals surface area contributed by atoms with Crippen LogP contribution in [0.3, 0.4) is 0 Å². The Morgan fingerprint density at radius 2 is 2.14 bits per heavy atom.